The highest BCUT2D eigenvalue weighted by atomic mass is 16.4. The van der Waals surface area contributed by atoms with E-state index in [0.29, 0.717) is 19.5 Å². The van der Waals surface area contributed by atoms with Crippen molar-refractivity contribution in [3.63, 3.8) is 0 Å². The van der Waals surface area contributed by atoms with Gasteiger partial charge in [0, 0.05) is 32.0 Å². The lowest BCUT2D eigenvalue weighted by Gasteiger charge is -2.17. The third kappa shape index (κ3) is 4.37. The predicted molar refractivity (Wildman–Crippen MR) is 91.9 cm³/mol. The quantitative estimate of drug-likeness (QED) is 0.837. The zero-order valence-corrected chi connectivity index (χ0v) is 14.0. The Labute approximate surface area is 146 Å². The first-order valence-electron chi connectivity index (χ1n) is 8.43. The van der Waals surface area contributed by atoms with Crippen LogP contribution >= 0.6 is 0 Å². The fourth-order valence-electron chi connectivity index (χ4n) is 3.02. The van der Waals surface area contributed by atoms with Crippen LogP contribution in [0.2, 0.25) is 0 Å². The van der Waals surface area contributed by atoms with Crippen molar-refractivity contribution in [1.29, 1.82) is 0 Å². The first-order chi connectivity index (χ1) is 12.1. The lowest BCUT2D eigenvalue weighted by molar-refractivity contribution is -0.141. The Balaban J connectivity index is 1.50. The Morgan fingerprint density at radius 2 is 2.08 bits per heavy atom. The van der Waals surface area contributed by atoms with Crippen molar-refractivity contribution < 1.29 is 14.7 Å². The molecular formula is C18H22N4O3. The second kappa shape index (κ2) is 7.83. The van der Waals surface area contributed by atoms with Crippen molar-refractivity contribution in [2.45, 2.75) is 25.9 Å². The molecular weight excluding hydrogens is 320 g/mol. The highest BCUT2D eigenvalue weighted by Gasteiger charge is 2.30. The van der Waals surface area contributed by atoms with E-state index in [9.17, 15) is 9.59 Å². The molecule has 2 N–H and O–H groups in total. The molecule has 7 heteroatoms. The minimum Gasteiger partial charge on any atom is -0.481 e. The molecule has 1 aromatic heterocycles. The van der Waals surface area contributed by atoms with Gasteiger partial charge in [-0.3, -0.25) is 4.79 Å². The molecule has 2 heterocycles. The normalized spacial score (nSPS) is 16.8. The van der Waals surface area contributed by atoms with E-state index >= 15 is 0 Å². The number of carboxylic acid groups (broad SMARTS) is 1. The Morgan fingerprint density at radius 1 is 1.28 bits per heavy atom. The summed E-state index contributed by atoms with van der Waals surface area (Å²) in [4.78, 5) is 29.0. The average Bonchev–Trinajstić information content (AvgIpc) is 3.28. The fourth-order valence-corrected chi connectivity index (χ4v) is 3.02. The number of carbonyl (C=O) groups is 2. The molecule has 2 amide bonds. The smallest absolute Gasteiger partial charge is 0.317 e. The van der Waals surface area contributed by atoms with Crippen LogP contribution in [-0.4, -0.2) is 44.6 Å². The molecule has 3 rings (SSSR count). The van der Waals surface area contributed by atoms with Crippen LogP contribution in [0.15, 0.2) is 42.7 Å². The van der Waals surface area contributed by atoms with Gasteiger partial charge in [0.15, 0.2) is 0 Å². The SMILES string of the molecule is O=C(O)C1CCN(C(=O)NCc2nccn2CCc2ccccc2)C1. The number of nitrogens with zero attached hydrogens (tertiary/aromatic N) is 3. The monoisotopic (exact) mass is 342 g/mol. The third-order valence-corrected chi connectivity index (χ3v) is 4.51. The van der Waals surface area contributed by atoms with Crippen molar-refractivity contribution in [3.05, 3.63) is 54.1 Å². The van der Waals surface area contributed by atoms with Gasteiger partial charge < -0.3 is 19.9 Å². The number of rotatable bonds is 6. The first kappa shape index (κ1) is 17.0. The van der Waals surface area contributed by atoms with Crippen molar-refractivity contribution in [3.8, 4) is 0 Å². The number of aryl methyl sites for hydroxylation is 2. The Hall–Kier alpha value is -2.83. The van der Waals surface area contributed by atoms with Crippen LogP contribution < -0.4 is 5.32 Å². The number of aromatic nitrogens is 2. The Bertz CT molecular complexity index is 729. The number of carbonyl (C=O) groups excluding carboxylic acids is 1. The summed E-state index contributed by atoms with van der Waals surface area (Å²) in [7, 11) is 0. The third-order valence-electron chi connectivity index (χ3n) is 4.51. The second-order valence-electron chi connectivity index (χ2n) is 6.20. The molecule has 0 radical (unpaired) electrons. The molecule has 25 heavy (non-hydrogen) atoms. The second-order valence-corrected chi connectivity index (χ2v) is 6.20. The van der Waals surface area contributed by atoms with Crippen molar-refractivity contribution in [1.82, 2.24) is 19.8 Å². The van der Waals surface area contributed by atoms with Crippen molar-refractivity contribution >= 4 is 12.0 Å². The van der Waals surface area contributed by atoms with E-state index in [1.165, 1.54) is 5.56 Å². The van der Waals surface area contributed by atoms with Crippen LogP contribution in [0.3, 0.4) is 0 Å². The van der Waals surface area contributed by atoms with Gasteiger partial charge in [-0.25, -0.2) is 9.78 Å². The minimum atomic E-state index is -0.841. The molecule has 0 bridgehead atoms. The van der Waals surface area contributed by atoms with E-state index < -0.39 is 11.9 Å². The Kier molecular flexibility index (Phi) is 5.33. The summed E-state index contributed by atoms with van der Waals surface area (Å²) in [6, 6.07) is 9.97. The first-order valence-corrected chi connectivity index (χ1v) is 8.43. The van der Waals surface area contributed by atoms with Gasteiger partial charge in [0.25, 0.3) is 0 Å². The van der Waals surface area contributed by atoms with Gasteiger partial charge in [-0.1, -0.05) is 30.3 Å². The number of hydrogen-bond acceptors (Lipinski definition) is 3. The van der Waals surface area contributed by atoms with Gasteiger partial charge in [-0.2, -0.15) is 0 Å². The molecule has 0 spiro atoms. The van der Waals surface area contributed by atoms with Crippen LogP contribution in [-0.2, 0) is 24.3 Å². The van der Waals surface area contributed by atoms with Gasteiger partial charge in [0.05, 0.1) is 12.5 Å². The van der Waals surface area contributed by atoms with E-state index in [0.717, 1.165) is 18.8 Å². The highest BCUT2D eigenvalue weighted by Crippen LogP contribution is 2.16. The van der Waals surface area contributed by atoms with E-state index in [-0.39, 0.29) is 12.6 Å². The van der Waals surface area contributed by atoms with E-state index in [1.54, 1.807) is 11.1 Å². The summed E-state index contributed by atoms with van der Waals surface area (Å²) in [6.45, 7) is 1.86. The number of benzene rings is 1. The molecule has 1 aromatic carbocycles. The number of imidazole rings is 1. The van der Waals surface area contributed by atoms with Gasteiger partial charge in [-0.15, -0.1) is 0 Å². The van der Waals surface area contributed by atoms with Crippen LogP contribution in [0.1, 0.15) is 17.8 Å². The van der Waals surface area contributed by atoms with Crippen molar-refractivity contribution in [2.75, 3.05) is 13.1 Å². The van der Waals surface area contributed by atoms with Gasteiger partial charge >= 0.3 is 12.0 Å². The minimum absolute atomic E-state index is 0.235. The molecule has 1 atom stereocenters. The topological polar surface area (TPSA) is 87.5 Å². The summed E-state index contributed by atoms with van der Waals surface area (Å²) >= 11 is 0. The van der Waals surface area contributed by atoms with Gasteiger partial charge in [-0.05, 0) is 18.4 Å². The number of aliphatic carboxylic acids is 1. The molecule has 1 aliphatic heterocycles. The van der Waals surface area contributed by atoms with Crippen molar-refractivity contribution in [2.24, 2.45) is 5.92 Å². The largest absolute Gasteiger partial charge is 0.481 e. The van der Waals surface area contributed by atoms with Gasteiger partial charge in [0.2, 0.25) is 0 Å². The lowest BCUT2D eigenvalue weighted by Crippen LogP contribution is -2.39. The maximum absolute atomic E-state index is 12.2. The standard InChI is InChI=1S/C18H22N4O3/c23-17(24)15-7-10-22(13-15)18(25)20-12-16-19-8-11-21(16)9-6-14-4-2-1-3-5-14/h1-5,8,11,15H,6-7,9-10,12-13H2,(H,20,25)(H,23,24). The molecule has 1 saturated heterocycles. The number of nitrogens with one attached hydrogen (secondary N) is 1. The Morgan fingerprint density at radius 3 is 2.80 bits per heavy atom. The number of carboxylic acids is 1. The molecule has 0 saturated carbocycles. The number of urea groups is 1. The van der Waals surface area contributed by atoms with Crippen LogP contribution in [0.25, 0.3) is 0 Å². The van der Waals surface area contributed by atoms with Crippen LogP contribution in [0.5, 0.6) is 0 Å². The summed E-state index contributed by atoms with van der Waals surface area (Å²) < 4.78 is 2.03. The maximum atomic E-state index is 12.2. The summed E-state index contributed by atoms with van der Waals surface area (Å²) in [5, 5.41) is 11.8. The number of hydrogen-bond donors (Lipinski definition) is 2. The van der Waals surface area contributed by atoms with Crippen LogP contribution in [0, 0.1) is 5.92 Å². The molecule has 7 nitrogen and oxygen atoms in total. The zero-order chi connectivity index (χ0) is 17.6. The summed E-state index contributed by atoms with van der Waals surface area (Å²) in [5.41, 5.74) is 1.25. The van der Waals surface area contributed by atoms with Gasteiger partial charge in [0.1, 0.15) is 5.82 Å². The number of amides is 2. The highest BCUT2D eigenvalue weighted by molar-refractivity contribution is 5.77. The molecule has 2 aromatic rings. The predicted octanol–water partition coefficient (Wildman–Crippen LogP) is 1.74. The van der Waals surface area contributed by atoms with E-state index in [1.807, 2.05) is 29.0 Å². The maximum Gasteiger partial charge on any atom is 0.317 e. The molecule has 1 fully saturated rings. The van der Waals surface area contributed by atoms with E-state index in [2.05, 4.69) is 22.4 Å². The van der Waals surface area contributed by atoms with Crippen LogP contribution in [0.4, 0.5) is 4.79 Å². The lowest BCUT2D eigenvalue weighted by atomic mass is 10.1. The summed E-state index contributed by atoms with van der Waals surface area (Å²) in [5.74, 6) is -0.511. The molecule has 132 valence electrons. The average molecular weight is 342 g/mol. The van der Waals surface area contributed by atoms with E-state index in [4.69, 9.17) is 5.11 Å². The zero-order valence-electron chi connectivity index (χ0n) is 14.0. The molecule has 1 aliphatic rings. The molecule has 1 unspecified atom stereocenters. The fraction of sp³-hybridized carbons (Fsp3) is 0.389. The summed E-state index contributed by atoms with van der Waals surface area (Å²) in [6.07, 6.45) is 5.03. The number of likely N-dealkylation sites (tertiary alicyclic amines) is 1. The molecule has 0 aliphatic carbocycles.